The Balaban J connectivity index is 2.88. The van der Waals surface area contributed by atoms with Crippen LogP contribution in [0.2, 0.25) is 0 Å². The minimum Gasteiger partial charge on any atom is -0.332 e. The van der Waals surface area contributed by atoms with Crippen LogP contribution in [0, 0.1) is 22.5 Å². The molecule has 18 heavy (non-hydrogen) atoms. The molecule has 0 fully saturated rings. The number of nitro benzene ring substituents is 1. The predicted octanol–water partition coefficient (Wildman–Crippen LogP) is 1.62. The number of hydrogen-bond donors (Lipinski definition) is 0. The summed E-state index contributed by atoms with van der Waals surface area (Å²) >= 11 is 0. The monoisotopic (exact) mass is 246 g/mol. The molecule has 1 rings (SSSR count). The summed E-state index contributed by atoms with van der Waals surface area (Å²) in [6, 6.07) is 6.22. The van der Waals surface area contributed by atoms with Crippen LogP contribution in [0.1, 0.15) is 12.5 Å². The number of hydrogen-bond acceptors (Lipinski definition) is 3. The second kappa shape index (κ2) is 6.40. The van der Waals surface area contributed by atoms with E-state index in [0.717, 1.165) is 0 Å². The van der Waals surface area contributed by atoms with Crippen molar-refractivity contribution in [2.45, 2.75) is 13.3 Å². The smallest absolute Gasteiger partial charge is 0.273 e. The Bertz CT molecular complexity index is 491. The molecule has 0 atom stereocenters. The Hall–Kier alpha value is -2.35. The first-order valence-corrected chi connectivity index (χ1v) is 5.53. The lowest BCUT2D eigenvalue weighted by Crippen LogP contribution is -2.32. The molecule has 0 aliphatic rings. The first kappa shape index (κ1) is 13.7. The minimum absolute atomic E-state index is 0.00727. The lowest BCUT2D eigenvalue weighted by molar-refractivity contribution is -0.385. The van der Waals surface area contributed by atoms with Crippen LogP contribution in [0.3, 0.4) is 0 Å². The number of amides is 1. The highest BCUT2D eigenvalue weighted by molar-refractivity contribution is 5.80. The fraction of sp³-hybridized carbons (Fsp3) is 0.308. The number of nitro groups is 1. The molecule has 0 aliphatic carbocycles. The van der Waals surface area contributed by atoms with Gasteiger partial charge in [-0.1, -0.05) is 24.1 Å². The van der Waals surface area contributed by atoms with Gasteiger partial charge in [0.1, 0.15) is 0 Å². The van der Waals surface area contributed by atoms with Crippen molar-refractivity contribution in [3.05, 3.63) is 39.9 Å². The van der Waals surface area contributed by atoms with Crippen LogP contribution in [-0.4, -0.2) is 28.8 Å². The Morgan fingerprint density at radius 3 is 2.72 bits per heavy atom. The summed E-state index contributed by atoms with van der Waals surface area (Å²) in [5, 5.41) is 10.8. The van der Waals surface area contributed by atoms with E-state index in [1.165, 1.54) is 11.0 Å². The lowest BCUT2D eigenvalue weighted by atomic mass is 10.1. The minimum atomic E-state index is -0.486. The summed E-state index contributed by atoms with van der Waals surface area (Å²) in [5.41, 5.74) is 0.366. The Labute approximate surface area is 106 Å². The highest BCUT2D eigenvalue weighted by Gasteiger charge is 2.18. The van der Waals surface area contributed by atoms with Crippen molar-refractivity contribution < 1.29 is 9.72 Å². The summed E-state index contributed by atoms with van der Waals surface area (Å²) in [6.07, 6.45) is 5.15. The van der Waals surface area contributed by atoms with E-state index in [1.807, 2.05) is 6.92 Å². The first-order valence-electron chi connectivity index (χ1n) is 5.53. The molecule has 0 aromatic heterocycles. The summed E-state index contributed by atoms with van der Waals surface area (Å²) in [4.78, 5) is 23.7. The number of carbonyl (C=O) groups is 1. The Kier molecular flexibility index (Phi) is 4.88. The number of para-hydroxylation sites is 1. The van der Waals surface area contributed by atoms with Crippen molar-refractivity contribution in [3.8, 4) is 12.3 Å². The van der Waals surface area contributed by atoms with Gasteiger partial charge in [-0.25, -0.2) is 0 Å². The van der Waals surface area contributed by atoms with Crippen LogP contribution >= 0.6 is 0 Å². The van der Waals surface area contributed by atoms with Crippen LogP contribution in [0.5, 0.6) is 0 Å². The molecule has 0 unspecified atom stereocenters. The molecule has 0 aliphatic heterocycles. The third kappa shape index (κ3) is 3.32. The molecule has 5 heteroatoms. The van der Waals surface area contributed by atoms with Gasteiger partial charge in [0.25, 0.3) is 5.69 Å². The van der Waals surface area contributed by atoms with Gasteiger partial charge in [0.05, 0.1) is 17.9 Å². The SMILES string of the molecule is C#CCN(CC)C(=O)Cc1ccccc1[N+](=O)[O-]. The van der Waals surface area contributed by atoms with E-state index in [-0.39, 0.29) is 24.6 Å². The number of carbonyl (C=O) groups excluding carboxylic acids is 1. The van der Waals surface area contributed by atoms with Gasteiger partial charge in [-0.05, 0) is 6.92 Å². The number of rotatable bonds is 5. The zero-order valence-corrected chi connectivity index (χ0v) is 10.1. The summed E-state index contributed by atoms with van der Waals surface area (Å²) in [6.45, 7) is 2.52. The normalized spacial score (nSPS) is 9.56. The molecule has 0 heterocycles. The topological polar surface area (TPSA) is 63.5 Å². The fourth-order valence-electron chi connectivity index (χ4n) is 1.60. The molecule has 94 valence electrons. The summed E-state index contributed by atoms with van der Waals surface area (Å²) in [7, 11) is 0. The molecule has 1 amide bonds. The van der Waals surface area contributed by atoms with Gasteiger partial charge in [-0.2, -0.15) is 0 Å². The van der Waals surface area contributed by atoms with E-state index in [2.05, 4.69) is 5.92 Å². The molecule has 1 aromatic carbocycles. The third-order valence-corrected chi connectivity index (χ3v) is 2.55. The van der Waals surface area contributed by atoms with E-state index in [9.17, 15) is 14.9 Å². The first-order chi connectivity index (χ1) is 8.60. The number of terminal acetylenes is 1. The molecular formula is C13H14N2O3. The van der Waals surface area contributed by atoms with Gasteiger partial charge in [-0.3, -0.25) is 14.9 Å². The van der Waals surface area contributed by atoms with Crippen molar-refractivity contribution in [1.82, 2.24) is 4.90 Å². The molecule has 0 saturated heterocycles. The van der Waals surface area contributed by atoms with E-state index >= 15 is 0 Å². The maximum Gasteiger partial charge on any atom is 0.273 e. The van der Waals surface area contributed by atoms with Crippen LogP contribution in [0.25, 0.3) is 0 Å². The quantitative estimate of drug-likeness (QED) is 0.450. The molecule has 0 saturated carbocycles. The van der Waals surface area contributed by atoms with Gasteiger partial charge in [0, 0.05) is 18.2 Å². The number of nitrogens with zero attached hydrogens (tertiary/aromatic N) is 2. The van der Waals surface area contributed by atoms with Gasteiger partial charge in [0.2, 0.25) is 5.91 Å². The molecule has 0 bridgehead atoms. The van der Waals surface area contributed by atoms with Gasteiger partial charge >= 0.3 is 0 Å². The molecular weight excluding hydrogens is 232 g/mol. The maximum absolute atomic E-state index is 11.9. The van der Waals surface area contributed by atoms with E-state index in [1.54, 1.807) is 18.2 Å². The second-order valence-electron chi connectivity index (χ2n) is 3.67. The maximum atomic E-state index is 11.9. The average Bonchev–Trinajstić information content (AvgIpc) is 2.36. The Morgan fingerprint density at radius 1 is 1.50 bits per heavy atom. The highest BCUT2D eigenvalue weighted by atomic mass is 16.6. The fourth-order valence-corrected chi connectivity index (χ4v) is 1.60. The standard InChI is InChI=1S/C13H14N2O3/c1-3-9-14(4-2)13(16)10-11-7-5-6-8-12(11)15(17)18/h1,5-8H,4,9-10H2,2H3. The van der Waals surface area contributed by atoms with E-state index in [0.29, 0.717) is 12.1 Å². The van der Waals surface area contributed by atoms with Crippen molar-refractivity contribution in [3.63, 3.8) is 0 Å². The largest absolute Gasteiger partial charge is 0.332 e. The predicted molar refractivity (Wildman–Crippen MR) is 67.9 cm³/mol. The van der Waals surface area contributed by atoms with Crippen LogP contribution < -0.4 is 0 Å². The van der Waals surface area contributed by atoms with Crippen molar-refractivity contribution in [1.29, 1.82) is 0 Å². The average molecular weight is 246 g/mol. The second-order valence-corrected chi connectivity index (χ2v) is 3.67. The van der Waals surface area contributed by atoms with Crippen molar-refractivity contribution >= 4 is 11.6 Å². The molecule has 0 spiro atoms. The molecule has 0 radical (unpaired) electrons. The molecule has 1 aromatic rings. The lowest BCUT2D eigenvalue weighted by Gasteiger charge is -2.17. The highest BCUT2D eigenvalue weighted by Crippen LogP contribution is 2.18. The van der Waals surface area contributed by atoms with Crippen LogP contribution in [-0.2, 0) is 11.2 Å². The summed E-state index contributed by atoms with van der Waals surface area (Å²) < 4.78 is 0. The van der Waals surface area contributed by atoms with Gasteiger partial charge < -0.3 is 4.90 Å². The number of likely N-dealkylation sites (N-methyl/N-ethyl adjacent to an activating group) is 1. The summed E-state index contributed by atoms with van der Waals surface area (Å²) in [5.74, 6) is 2.19. The van der Waals surface area contributed by atoms with E-state index in [4.69, 9.17) is 6.42 Å². The van der Waals surface area contributed by atoms with E-state index < -0.39 is 4.92 Å². The molecule has 5 nitrogen and oxygen atoms in total. The zero-order valence-electron chi connectivity index (χ0n) is 10.1. The van der Waals surface area contributed by atoms with Crippen LogP contribution in [0.4, 0.5) is 5.69 Å². The Morgan fingerprint density at radius 2 is 2.17 bits per heavy atom. The molecule has 0 N–H and O–H groups in total. The van der Waals surface area contributed by atoms with Crippen LogP contribution in [0.15, 0.2) is 24.3 Å². The van der Waals surface area contributed by atoms with Crippen molar-refractivity contribution in [2.24, 2.45) is 0 Å². The zero-order chi connectivity index (χ0) is 13.5. The van der Waals surface area contributed by atoms with Gasteiger partial charge in [0.15, 0.2) is 0 Å². The van der Waals surface area contributed by atoms with Crippen molar-refractivity contribution in [2.75, 3.05) is 13.1 Å². The third-order valence-electron chi connectivity index (χ3n) is 2.55. The van der Waals surface area contributed by atoms with Gasteiger partial charge in [-0.15, -0.1) is 6.42 Å². The number of benzene rings is 1.